The van der Waals surface area contributed by atoms with Crippen LogP contribution in [-0.4, -0.2) is 29.7 Å². The molecule has 1 aliphatic carbocycles. The second-order valence-electron chi connectivity index (χ2n) is 6.95. The third-order valence-electron chi connectivity index (χ3n) is 4.73. The van der Waals surface area contributed by atoms with E-state index >= 15 is 0 Å². The summed E-state index contributed by atoms with van der Waals surface area (Å²) in [7, 11) is 1.40. The quantitative estimate of drug-likeness (QED) is 0.145. The second-order valence-corrected chi connectivity index (χ2v) is 8.30. The van der Waals surface area contributed by atoms with Gasteiger partial charge in [-0.15, -0.1) is 0 Å². The predicted octanol–water partition coefficient (Wildman–Crippen LogP) is 5.02. The van der Waals surface area contributed by atoms with Crippen LogP contribution in [0.5, 0.6) is 0 Å². The lowest BCUT2D eigenvalue weighted by Gasteiger charge is -2.06. The van der Waals surface area contributed by atoms with Gasteiger partial charge in [-0.3, -0.25) is 9.59 Å². The van der Waals surface area contributed by atoms with Gasteiger partial charge in [-0.25, -0.2) is 0 Å². The lowest BCUT2D eigenvalue weighted by Crippen LogP contribution is -2.10. The smallest absolute Gasteiger partial charge is 0.305 e. The normalized spacial score (nSPS) is 19.7. The molecule has 2 unspecified atom stereocenters. The van der Waals surface area contributed by atoms with Crippen LogP contribution in [0.4, 0.5) is 0 Å². The molecule has 0 radical (unpaired) electrons. The first-order valence-electron chi connectivity index (χ1n) is 10.0. The zero-order valence-corrected chi connectivity index (χ0v) is 17.8. The molecule has 1 rings (SSSR count). The number of rotatable bonds is 13. The Morgan fingerprint density at radius 2 is 1.89 bits per heavy atom. The van der Waals surface area contributed by atoms with E-state index in [2.05, 4.69) is 23.8 Å². The highest BCUT2D eigenvalue weighted by Gasteiger charge is 2.34. The Bertz CT molecular complexity index is 561. The van der Waals surface area contributed by atoms with Crippen LogP contribution in [0, 0.1) is 5.92 Å². The van der Waals surface area contributed by atoms with Crippen molar-refractivity contribution in [3.63, 3.8) is 0 Å². The summed E-state index contributed by atoms with van der Waals surface area (Å²) in [5, 5.41) is 0. The number of methoxy groups -OCH3 is 1. The highest BCUT2D eigenvalue weighted by atomic mass is 32.2. The molecule has 0 aromatic rings. The van der Waals surface area contributed by atoms with E-state index in [0.717, 1.165) is 37.7 Å². The van der Waals surface area contributed by atoms with Crippen LogP contribution in [0.1, 0.15) is 71.1 Å². The Hall–Kier alpha value is -1.33. The van der Waals surface area contributed by atoms with Crippen LogP contribution in [-0.2, 0) is 25.5 Å². The van der Waals surface area contributed by atoms with Crippen molar-refractivity contribution in [2.75, 3.05) is 13.4 Å². The molecule has 0 spiro atoms. The third-order valence-corrected chi connectivity index (χ3v) is 5.67. The molecule has 0 fully saturated rings. The van der Waals surface area contributed by atoms with Crippen molar-refractivity contribution in [1.29, 1.82) is 0 Å². The van der Waals surface area contributed by atoms with Crippen molar-refractivity contribution in [3.8, 4) is 0 Å². The maximum atomic E-state index is 12.6. The van der Waals surface area contributed by atoms with Crippen LogP contribution >= 0.6 is 0 Å². The summed E-state index contributed by atoms with van der Waals surface area (Å²) in [5.41, 5.74) is 0.748. The summed E-state index contributed by atoms with van der Waals surface area (Å²) in [4.78, 5) is 24.1. The van der Waals surface area contributed by atoms with Gasteiger partial charge in [0.25, 0.3) is 0 Å². The van der Waals surface area contributed by atoms with Crippen LogP contribution in [0.25, 0.3) is 0 Å². The number of hydrogen-bond donors (Lipinski definition) is 0. The molecular weight excluding hydrogens is 360 g/mol. The van der Waals surface area contributed by atoms with Gasteiger partial charge in [0.1, 0.15) is 6.26 Å². The highest BCUT2D eigenvalue weighted by molar-refractivity contribution is 7.95. The molecule has 0 aromatic carbocycles. The minimum absolute atomic E-state index is 0.0577. The van der Waals surface area contributed by atoms with Crippen molar-refractivity contribution in [2.24, 2.45) is 5.92 Å². The summed E-state index contributed by atoms with van der Waals surface area (Å²) in [6.07, 6.45) is 19.4. The fourth-order valence-corrected chi connectivity index (χ4v) is 3.84. The maximum Gasteiger partial charge on any atom is 0.305 e. The van der Waals surface area contributed by atoms with Crippen LogP contribution in [0.2, 0.25) is 0 Å². The number of esters is 1. The SMILES string of the molecule is CCCCCCC=CC1C=C([S+](C)[O-])C(=O)C1=CCCCCCC(=O)OC. The van der Waals surface area contributed by atoms with E-state index in [1.807, 2.05) is 12.2 Å². The van der Waals surface area contributed by atoms with Gasteiger partial charge in [-0.05, 0) is 49.4 Å². The number of hydrogen-bond acceptors (Lipinski definition) is 4. The zero-order valence-electron chi connectivity index (χ0n) is 17.0. The molecule has 0 saturated heterocycles. The van der Waals surface area contributed by atoms with Crippen LogP contribution in [0.15, 0.2) is 34.8 Å². The first-order chi connectivity index (χ1) is 13.0. The number of carbonyl (C=O) groups excluding carboxylic acids is 2. The number of allylic oxidation sites excluding steroid dienone is 6. The predicted molar refractivity (Wildman–Crippen MR) is 112 cm³/mol. The van der Waals surface area contributed by atoms with Gasteiger partial charge in [0.2, 0.25) is 5.78 Å². The molecule has 0 aromatic heterocycles. The van der Waals surface area contributed by atoms with E-state index in [1.54, 1.807) is 6.26 Å². The Labute approximate surface area is 167 Å². The standard InChI is InChI=1S/C22H34O4S/c1-4-5-6-7-8-11-14-18-17-20(27(3)25)22(24)19(18)15-12-9-10-13-16-21(23)26-2/h11,14-15,17-18H,4-10,12-13,16H2,1-3H3. The molecule has 0 saturated carbocycles. The second kappa shape index (κ2) is 13.8. The van der Waals surface area contributed by atoms with E-state index in [9.17, 15) is 14.1 Å². The lowest BCUT2D eigenvalue weighted by atomic mass is 9.98. The molecule has 4 nitrogen and oxygen atoms in total. The fraction of sp³-hybridized carbons (Fsp3) is 0.636. The fourth-order valence-electron chi connectivity index (χ4n) is 3.12. The topological polar surface area (TPSA) is 66.4 Å². The van der Waals surface area contributed by atoms with Crippen molar-refractivity contribution in [2.45, 2.75) is 71.1 Å². The monoisotopic (exact) mass is 394 g/mol. The number of ketones is 1. The largest absolute Gasteiger partial charge is 0.612 e. The van der Waals surface area contributed by atoms with E-state index < -0.39 is 11.2 Å². The van der Waals surface area contributed by atoms with Gasteiger partial charge < -0.3 is 9.29 Å². The molecule has 152 valence electrons. The zero-order chi connectivity index (χ0) is 20.1. The van der Waals surface area contributed by atoms with Crippen LogP contribution in [0.3, 0.4) is 0 Å². The van der Waals surface area contributed by atoms with Gasteiger partial charge in [-0.2, -0.15) is 0 Å². The molecule has 27 heavy (non-hydrogen) atoms. The molecule has 0 aliphatic heterocycles. The molecule has 2 atom stereocenters. The minimum atomic E-state index is -1.26. The van der Waals surface area contributed by atoms with Crippen molar-refractivity contribution < 1.29 is 18.9 Å². The first kappa shape index (κ1) is 23.7. The first-order valence-corrected chi connectivity index (χ1v) is 11.6. The Morgan fingerprint density at radius 3 is 2.56 bits per heavy atom. The van der Waals surface area contributed by atoms with E-state index in [-0.39, 0.29) is 17.7 Å². The molecular formula is C22H34O4S. The summed E-state index contributed by atoms with van der Waals surface area (Å²) in [6.45, 7) is 2.20. The molecule has 0 bridgehead atoms. The van der Waals surface area contributed by atoms with Crippen molar-refractivity contribution >= 4 is 22.9 Å². The van der Waals surface area contributed by atoms with Gasteiger partial charge in [0.05, 0.1) is 7.11 Å². The molecule has 0 heterocycles. The summed E-state index contributed by atoms with van der Waals surface area (Å²) in [6, 6.07) is 0. The van der Waals surface area contributed by atoms with E-state index in [0.29, 0.717) is 11.3 Å². The van der Waals surface area contributed by atoms with Gasteiger partial charge >= 0.3 is 5.97 Å². The average molecular weight is 395 g/mol. The highest BCUT2D eigenvalue weighted by Crippen LogP contribution is 2.31. The number of Topliss-reactive ketones (excluding diaryl/α,β-unsaturated/α-hetero) is 1. The van der Waals surface area contributed by atoms with Crippen molar-refractivity contribution in [3.05, 3.63) is 34.8 Å². The Balaban J connectivity index is 2.55. The van der Waals surface area contributed by atoms with E-state index in [4.69, 9.17) is 0 Å². The summed E-state index contributed by atoms with van der Waals surface area (Å²) in [5.74, 6) is -0.314. The summed E-state index contributed by atoms with van der Waals surface area (Å²) < 4.78 is 16.5. The molecule has 1 aliphatic rings. The van der Waals surface area contributed by atoms with Gasteiger partial charge in [-0.1, -0.05) is 50.8 Å². The number of carbonyl (C=O) groups is 2. The van der Waals surface area contributed by atoms with Crippen molar-refractivity contribution in [1.82, 2.24) is 0 Å². The molecule has 0 amide bonds. The maximum absolute atomic E-state index is 12.6. The lowest BCUT2D eigenvalue weighted by molar-refractivity contribution is -0.140. The van der Waals surface area contributed by atoms with Gasteiger partial charge in [0, 0.05) is 17.9 Å². The van der Waals surface area contributed by atoms with Crippen LogP contribution < -0.4 is 0 Å². The third kappa shape index (κ3) is 8.93. The average Bonchev–Trinajstić information content (AvgIpc) is 2.96. The number of ether oxygens (including phenoxy) is 1. The minimum Gasteiger partial charge on any atom is -0.612 e. The Kier molecular flexibility index (Phi) is 12.1. The Morgan fingerprint density at radius 1 is 1.19 bits per heavy atom. The summed E-state index contributed by atoms with van der Waals surface area (Å²) >= 11 is -1.26. The number of unbranched alkanes of at least 4 members (excludes halogenated alkanes) is 7. The molecule has 0 N–H and O–H groups in total. The van der Waals surface area contributed by atoms with Gasteiger partial charge in [0.15, 0.2) is 4.91 Å². The van der Waals surface area contributed by atoms with E-state index in [1.165, 1.54) is 32.8 Å². The molecule has 5 heteroatoms.